The van der Waals surface area contributed by atoms with Crippen molar-refractivity contribution in [2.75, 3.05) is 6.61 Å². The van der Waals surface area contributed by atoms with Crippen molar-refractivity contribution in [3.8, 4) is 11.1 Å². The fourth-order valence-electron chi connectivity index (χ4n) is 3.19. The molecule has 0 radical (unpaired) electrons. The summed E-state index contributed by atoms with van der Waals surface area (Å²) in [6.45, 7) is 1.87. The Morgan fingerprint density at radius 2 is 1.74 bits per heavy atom. The molecule has 0 aromatic heterocycles. The number of benzene rings is 3. The lowest BCUT2D eigenvalue weighted by Gasteiger charge is -2.20. The van der Waals surface area contributed by atoms with E-state index in [1.165, 1.54) is 6.07 Å². The molecule has 3 rings (SSSR count). The first kappa shape index (κ1) is 22.1. The first-order valence-electron chi connectivity index (χ1n) is 9.78. The smallest absolute Gasteiger partial charge is 0.254 e. The maximum Gasteiger partial charge on any atom is 0.254 e. The summed E-state index contributed by atoms with van der Waals surface area (Å²) in [7, 11) is 0. The van der Waals surface area contributed by atoms with Crippen LogP contribution < -0.4 is 11.1 Å². The zero-order valence-electron chi connectivity index (χ0n) is 17.0. The third-order valence-corrected chi connectivity index (χ3v) is 4.78. The highest BCUT2D eigenvalue weighted by molar-refractivity contribution is 5.94. The molecule has 0 spiro atoms. The van der Waals surface area contributed by atoms with Crippen LogP contribution in [0, 0.1) is 17.0 Å². The lowest BCUT2D eigenvalue weighted by molar-refractivity contribution is -0.133. The van der Waals surface area contributed by atoms with Gasteiger partial charge in [-0.2, -0.15) is 0 Å². The number of hydrogen-bond donors (Lipinski definition) is 3. The summed E-state index contributed by atoms with van der Waals surface area (Å²) in [5.74, 6) is -2.39. The van der Waals surface area contributed by atoms with E-state index in [1.807, 2.05) is 0 Å². The van der Waals surface area contributed by atoms with Gasteiger partial charge in [0.25, 0.3) is 5.91 Å². The van der Waals surface area contributed by atoms with Gasteiger partial charge in [-0.15, -0.1) is 0 Å². The van der Waals surface area contributed by atoms with Crippen molar-refractivity contribution in [2.45, 2.75) is 19.6 Å². The number of hydrogen-bond acceptors (Lipinski definition) is 3. The molecule has 5 nitrogen and oxygen atoms in total. The van der Waals surface area contributed by atoms with E-state index in [4.69, 9.17) is 15.9 Å². The van der Waals surface area contributed by atoms with Gasteiger partial charge in [0.2, 0.25) is 0 Å². The molecule has 31 heavy (non-hydrogen) atoms. The molecule has 0 aliphatic rings. The van der Waals surface area contributed by atoms with Gasteiger partial charge in [-0.1, -0.05) is 54.6 Å². The van der Waals surface area contributed by atoms with Crippen molar-refractivity contribution < 1.29 is 18.3 Å². The summed E-state index contributed by atoms with van der Waals surface area (Å²) in [5, 5.41) is 10.1. The molecular formula is C24H23F2N3O2. The summed E-state index contributed by atoms with van der Waals surface area (Å²) in [6, 6.07) is 17.9. The Hall–Kier alpha value is -3.58. The van der Waals surface area contributed by atoms with E-state index in [-0.39, 0.29) is 24.6 Å². The molecule has 7 heteroatoms. The lowest BCUT2D eigenvalue weighted by Crippen LogP contribution is -2.31. The third-order valence-electron chi connectivity index (χ3n) is 4.78. The first-order valence-corrected chi connectivity index (χ1v) is 9.78. The van der Waals surface area contributed by atoms with E-state index in [2.05, 4.69) is 5.32 Å². The van der Waals surface area contributed by atoms with Gasteiger partial charge >= 0.3 is 0 Å². The first-order chi connectivity index (χ1) is 14.9. The molecule has 0 bridgehead atoms. The fourth-order valence-corrected chi connectivity index (χ4v) is 3.19. The highest BCUT2D eigenvalue weighted by Gasteiger charge is 2.29. The second kappa shape index (κ2) is 9.95. The van der Waals surface area contributed by atoms with Crippen molar-refractivity contribution in [3.05, 3.63) is 95.1 Å². The molecule has 1 amide bonds. The van der Waals surface area contributed by atoms with Gasteiger partial charge in [-0.05, 0) is 30.2 Å². The summed E-state index contributed by atoms with van der Waals surface area (Å²) in [4.78, 5) is 12.8. The van der Waals surface area contributed by atoms with Crippen LogP contribution in [0.1, 0.15) is 29.7 Å². The topological polar surface area (TPSA) is 88.2 Å². The Balaban J connectivity index is 1.85. The molecule has 0 saturated heterocycles. The number of carbonyl (C=O) groups is 1. The maximum absolute atomic E-state index is 15.3. The predicted octanol–water partition coefficient (Wildman–Crippen LogP) is 4.31. The van der Waals surface area contributed by atoms with Crippen molar-refractivity contribution >= 4 is 11.7 Å². The van der Waals surface area contributed by atoms with Gasteiger partial charge in [-0.25, -0.2) is 8.78 Å². The molecule has 0 fully saturated rings. The number of carbonyl (C=O) groups excluding carboxylic acids is 1. The zero-order chi connectivity index (χ0) is 22.4. The lowest BCUT2D eigenvalue weighted by atomic mass is 9.98. The highest BCUT2D eigenvalue weighted by Crippen LogP contribution is 2.32. The minimum Gasteiger partial charge on any atom is -0.384 e. The second-order valence-corrected chi connectivity index (χ2v) is 6.85. The van der Waals surface area contributed by atoms with Gasteiger partial charge in [0.05, 0.1) is 5.56 Å². The van der Waals surface area contributed by atoms with E-state index in [0.29, 0.717) is 11.1 Å². The van der Waals surface area contributed by atoms with E-state index < -0.39 is 29.2 Å². The number of nitrogen functional groups attached to an aromatic ring is 1. The molecule has 3 aromatic rings. The number of nitrogens with two attached hydrogens (primary N) is 1. The van der Waals surface area contributed by atoms with Crippen molar-refractivity contribution in [2.24, 2.45) is 5.73 Å². The minimum absolute atomic E-state index is 0.0590. The summed E-state index contributed by atoms with van der Waals surface area (Å²) in [6.07, 6.45) is -1.44. The average Bonchev–Trinajstić information content (AvgIpc) is 2.77. The summed E-state index contributed by atoms with van der Waals surface area (Å²) < 4.78 is 35.4. The van der Waals surface area contributed by atoms with E-state index in [0.717, 1.165) is 11.6 Å². The highest BCUT2D eigenvalue weighted by atomic mass is 19.1. The molecule has 4 N–H and O–H groups in total. The van der Waals surface area contributed by atoms with Gasteiger partial charge in [0.1, 0.15) is 17.5 Å². The molecule has 0 aliphatic heterocycles. The molecule has 160 valence electrons. The van der Waals surface area contributed by atoms with Crippen LogP contribution in [0.3, 0.4) is 0 Å². The van der Waals surface area contributed by atoms with Gasteiger partial charge in [0, 0.05) is 24.3 Å². The fraction of sp³-hybridized carbons (Fsp3) is 0.167. The van der Waals surface area contributed by atoms with Crippen LogP contribution in [0.25, 0.3) is 11.1 Å². The number of rotatable bonds is 8. The number of amides is 1. The van der Waals surface area contributed by atoms with Crippen molar-refractivity contribution in [3.63, 3.8) is 0 Å². The zero-order valence-corrected chi connectivity index (χ0v) is 17.0. The Bertz CT molecular complexity index is 1070. The second-order valence-electron chi connectivity index (χ2n) is 6.85. The third kappa shape index (κ3) is 5.13. The van der Waals surface area contributed by atoms with E-state index in [1.54, 1.807) is 61.5 Å². The Kier molecular flexibility index (Phi) is 7.10. The Morgan fingerprint density at radius 1 is 1.06 bits per heavy atom. The van der Waals surface area contributed by atoms with Gasteiger partial charge in [-0.3, -0.25) is 10.2 Å². The van der Waals surface area contributed by atoms with Crippen molar-refractivity contribution in [1.29, 1.82) is 5.41 Å². The molecule has 1 atom stereocenters. The number of ether oxygens (including phenoxy) is 1. The molecule has 0 aliphatic carbocycles. The van der Waals surface area contributed by atoms with Gasteiger partial charge in [0.15, 0.2) is 6.10 Å². The Morgan fingerprint density at radius 3 is 2.35 bits per heavy atom. The molecular weight excluding hydrogens is 400 g/mol. The quantitative estimate of drug-likeness (QED) is 0.373. The standard InChI is InChI=1S/C24H23F2N3O2/c1-2-31-22(24(30)29-14-15-8-10-17(11-9-15)23(27)28)20-19(25)13-12-18(21(20)26)16-6-4-3-5-7-16/h3-13,22H,2,14H2,1H3,(H3,27,28)(H,29,30). The van der Waals surface area contributed by atoms with E-state index >= 15 is 4.39 Å². The molecule has 0 saturated carbocycles. The van der Waals surface area contributed by atoms with Crippen LogP contribution in [0.4, 0.5) is 8.78 Å². The van der Waals surface area contributed by atoms with Crippen LogP contribution in [0.2, 0.25) is 0 Å². The SMILES string of the molecule is CCOC(C(=O)NCc1ccc(C(=N)N)cc1)c1c(F)ccc(-c2ccccc2)c1F. The van der Waals surface area contributed by atoms with Gasteiger partial charge < -0.3 is 15.8 Å². The van der Waals surface area contributed by atoms with E-state index in [9.17, 15) is 9.18 Å². The molecule has 1 unspecified atom stereocenters. The molecule has 3 aromatic carbocycles. The van der Waals surface area contributed by atoms with Crippen LogP contribution in [-0.4, -0.2) is 18.3 Å². The van der Waals surface area contributed by atoms with Crippen LogP contribution in [-0.2, 0) is 16.1 Å². The van der Waals surface area contributed by atoms with Crippen LogP contribution in [0.15, 0.2) is 66.7 Å². The summed E-state index contributed by atoms with van der Waals surface area (Å²) >= 11 is 0. The number of halogens is 2. The minimum atomic E-state index is -1.44. The van der Waals surface area contributed by atoms with Crippen molar-refractivity contribution in [1.82, 2.24) is 5.32 Å². The summed E-state index contributed by atoms with van der Waals surface area (Å²) in [5.41, 5.74) is 7.07. The predicted molar refractivity (Wildman–Crippen MR) is 115 cm³/mol. The monoisotopic (exact) mass is 423 g/mol. The Labute approximate surface area is 179 Å². The number of amidine groups is 1. The average molecular weight is 423 g/mol. The van der Waals surface area contributed by atoms with Crippen LogP contribution in [0.5, 0.6) is 0 Å². The van der Waals surface area contributed by atoms with Crippen LogP contribution >= 0.6 is 0 Å². The normalized spacial score (nSPS) is 11.7. The maximum atomic E-state index is 15.3. The number of nitrogens with one attached hydrogen (secondary N) is 2. The largest absolute Gasteiger partial charge is 0.384 e. The molecule has 0 heterocycles.